The molecule has 0 atom stereocenters. The van der Waals surface area contributed by atoms with Crippen LogP contribution in [0.4, 0.5) is 26.3 Å². The summed E-state index contributed by atoms with van der Waals surface area (Å²) in [5.74, 6) is -1.75. The Bertz CT molecular complexity index is 1420. The molecule has 1 saturated carbocycles. The lowest BCUT2D eigenvalue weighted by Crippen LogP contribution is -2.46. The Balaban J connectivity index is 1.77. The maximum absolute atomic E-state index is 13.2. The third-order valence-electron chi connectivity index (χ3n) is 6.70. The zero-order chi connectivity index (χ0) is 28.2. The second-order valence-electron chi connectivity index (χ2n) is 9.63. The topological polar surface area (TPSA) is 98.2 Å². The van der Waals surface area contributed by atoms with Crippen molar-refractivity contribution in [2.24, 2.45) is 11.8 Å². The zero-order valence-electron chi connectivity index (χ0n) is 19.8. The van der Waals surface area contributed by atoms with Crippen molar-refractivity contribution in [3.63, 3.8) is 0 Å². The average molecular weight is 572 g/mol. The monoisotopic (exact) mass is 571 g/mol. The highest BCUT2D eigenvalue weighted by Crippen LogP contribution is 2.48. The molecule has 0 unspecified atom stereocenters. The van der Waals surface area contributed by atoms with Gasteiger partial charge >= 0.3 is 12.4 Å². The van der Waals surface area contributed by atoms with Crippen molar-refractivity contribution in [3.8, 4) is 0 Å². The van der Waals surface area contributed by atoms with Crippen molar-refractivity contribution in [1.29, 1.82) is 0 Å². The number of ketones is 1. The number of carbonyl (C=O) groups is 1. The van der Waals surface area contributed by atoms with Crippen molar-refractivity contribution in [2.75, 3.05) is 6.26 Å². The molecule has 3 rings (SSSR count). The number of pyridine rings is 1. The Morgan fingerprint density at radius 3 is 2.03 bits per heavy atom. The molecule has 1 aromatic heterocycles. The molecule has 2 aromatic rings. The second-order valence-corrected chi connectivity index (χ2v) is 14.1. The molecular weight excluding hydrogens is 548 g/mol. The van der Waals surface area contributed by atoms with Gasteiger partial charge in [0.2, 0.25) is 0 Å². The fourth-order valence-corrected chi connectivity index (χ4v) is 6.92. The number of carbonyl (C=O) groups excluding carboxylic acids is 1. The summed E-state index contributed by atoms with van der Waals surface area (Å²) in [6, 6.07) is 3.76. The molecule has 0 amide bonds. The van der Waals surface area contributed by atoms with E-state index in [1.807, 2.05) is 0 Å². The smallest absolute Gasteiger partial charge is 0.292 e. The number of aromatic nitrogens is 1. The van der Waals surface area contributed by atoms with Gasteiger partial charge in [0.15, 0.2) is 25.5 Å². The van der Waals surface area contributed by atoms with Crippen LogP contribution in [-0.2, 0) is 32.0 Å². The fraction of sp³-hybridized carbons (Fsp3) is 0.478. The van der Waals surface area contributed by atoms with E-state index in [4.69, 9.17) is 0 Å². The fourth-order valence-electron chi connectivity index (χ4n) is 4.28. The van der Waals surface area contributed by atoms with Crippen molar-refractivity contribution in [1.82, 2.24) is 4.98 Å². The summed E-state index contributed by atoms with van der Waals surface area (Å²) < 4.78 is 127. The predicted molar refractivity (Wildman–Crippen MR) is 120 cm³/mol. The van der Waals surface area contributed by atoms with E-state index in [9.17, 15) is 48.0 Å². The Kier molecular flexibility index (Phi) is 7.36. The van der Waals surface area contributed by atoms with Gasteiger partial charge in [0.05, 0.1) is 25.7 Å². The first-order valence-electron chi connectivity index (χ1n) is 10.9. The van der Waals surface area contributed by atoms with Crippen LogP contribution in [0, 0.1) is 11.8 Å². The van der Waals surface area contributed by atoms with Crippen LogP contribution in [0.3, 0.4) is 0 Å². The highest BCUT2D eigenvalue weighted by molar-refractivity contribution is 7.92. The SMILES string of the molecule is CC(C)(C1CC(CC(=O)c2ncc(C(F)(F)F)cc2S(C)(=O)=O)C1)S(=O)(=O)c1cccc(C(F)(F)F)c1. The van der Waals surface area contributed by atoms with E-state index in [2.05, 4.69) is 4.98 Å². The number of nitrogens with zero attached hydrogens (tertiary/aromatic N) is 1. The molecule has 0 spiro atoms. The maximum Gasteiger partial charge on any atom is 0.417 e. The molecule has 0 saturated heterocycles. The van der Waals surface area contributed by atoms with E-state index in [-0.39, 0.29) is 19.3 Å². The average Bonchev–Trinajstić information content (AvgIpc) is 2.73. The Morgan fingerprint density at radius 2 is 1.51 bits per heavy atom. The molecule has 204 valence electrons. The molecule has 14 heteroatoms. The molecule has 1 aliphatic carbocycles. The molecule has 1 aromatic carbocycles. The van der Waals surface area contributed by atoms with Gasteiger partial charge < -0.3 is 0 Å². The summed E-state index contributed by atoms with van der Waals surface area (Å²) in [4.78, 5) is 14.9. The Labute approximate surface area is 209 Å². The normalized spacial score (nSPS) is 19.4. The summed E-state index contributed by atoms with van der Waals surface area (Å²) in [5, 5.41) is 0. The Hall–Kier alpha value is -2.48. The number of halogens is 6. The van der Waals surface area contributed by atoms with Crippen LogP contribution >= 0.6 is 0 Å². The second kappa shape index (κ2) is 9.37. The van der Waals surface area contributed by atoms with Gasteiger partial charge in [0.25, 0.3) is 0 Å². The van der Waals surface area contributed by atoms with E-state index in [0.29, 0.717) is 24.6 Å². The number of Topliss-reactive ketones (excluding diaryl/α,β-unsaturated/α-hetero) is 1. The van der Waals surface area contributed by atoms with Gasteiger partial charge in [0, 0.05) is 18.9 Å². The lowest BCUT2D eigenvalue weighted by atomic mass is 9.67. The Morgan fingerprint density at radius 1 is 0.946 bits per heavy atom. The van der Waals surface area contributed by atoms with Gasteiger partial charge in [-0.25, -0.2) is 16.8 Å². The summed E-state index contributed by atoms with van der Waals surface area (Å²) in [5.41, 5.74) is -3.06. The molecule has 6 nitrogen and oxygen atoms in total. The van der Waals surface area contributed by atoms with Gasteiger partial charge in [-0.15, -0.1) is 0 Å². The summed E-state index contributed by atoms with van der Waals surface area (Å²) >= 11 is 0. The molecule has 1 heterocycles. The molecule has 0 N–H and O–H groups in total. The zero-order valence-corrected chi connectivity index (χ0v) is 21.4. The third-order valence-corrected chi connectivity index (χ3v) is 10.4. The van der Waals surface area contributed by atoms with E-state index < -0.39 is 81.0 Å². The number of rotatable bonds is 7. The highest BCUT2D eigenvalue weighted by atomic mass is 32.2. The van der Waals surface area contributed by atoms with Crippen LogP contribution < -0.4 is 0 Å². The van der Waals surface area contributed by atoms with Gasteiger partial charge in [-0.1, -0.05) is 6.07 Å². The van der Waals surface area contributed by atoms with Crippen molar-refractivity contribution >= 4 is 25.5 Å². The number of hydrogen-bond acceptors (Lipinski definition) is 6. The minimum Gasteiger partial charge on any atom is -0.292 e. The van der Waals surface area contributed by atoms with Gasteiger partial charge in [-0.2, -0.15) is 26.3 Å². The summed E-state index contributed by atoms with van der Waals surface area (Å²) in [6.07, 6.45) is -8.48. The standard InChI is InChI=1S/C23H23F6NO5S2/c1-21(2,37(34,35)17-6-4-5-14(10-17)22(24,25)26)15-7-13(8-15)9-18(31)20-19(36(3,32)33)11-16(12-30-20)23(27,28)29/h4-6,10-13,15H,7-9H2,1-3H3. The minimum absolute atomic E-state index is 0.186. The quantitative estimate of drug-likeness (QED) is 0.327. The van der Waals surface area contributed by atoms with Crippen molar-refractivity contribution in [3.05, 3.63) is 53.3 Å². The molecule has 1 fully saturated rings. The number of sulfone groups is 2. The molecule has 1 aliphatic rings. The van der Waals surface area contributed by atoms with Crippen LogP contribution in [0.15, 0.2) is 46.3 Å². The van der Waals surface area contributed by atoms with Crippen LogP contribution in [0.2, 0.25) is 0 Å². The summed E-state index contributed by atoms with van der Waals surface area (Å²) in [7, 11) is -8.44. The number of hydrogen-bond donors (Lipinski definition) is 0. The largest absolute Gasteiger partial charge is 0.417 e. The molecule has 0 radical (unpaired) electrons. The third kappa shape index (κ3) is 5.84. The number of alkyl halides is 6. The van der Waals surface area contributed by atoms with E-state index in [1.165, 1.54) is 13.8 Å². The lowest BCUT2D eigenvalue weighted by Gasteiger charge is -2.44. The first-order chi connectivity index (χ1) is 16.7. The molecule has 0 bridgehead atoms. The van der Waals surface area contributed by atoms with E-state index in [0.717, 1.165) is 18.2 Å². The molecule has 37 heavy (non-hydrogen) atoms. The minimum atomic E-state index is -4.87. The first kappa shape index (κ1) is 29.1. The van der Waals surface area contributed by atoms with Crippen LogP contribution in [0.25, 0.3) is 0 Å². The van der Waals surface area contributed by atoms with Crippen LogP contribution in [0.5, 0.6) is 0 Å². The number of benzene rings is 1. The molecular formula is C23H23F6NO5S2. The molecule has 0 aliphatic heterocycles. The van der Waals surface area contributed by atoms with Crippen molar-refractivity contribution in [2.45, 2.75) is 60.0 Å². The maximum atomic E-state index is 13.2. The predicted octanol–water partition coefficient (Wildman–Crippen LogP) is 5.37. The van der Waals surface area contributed by atoms with Crippen molar-refractivity contribution < 1.29 is 48.0 Å². The summed E-state index contributed by atoms with van der Waals surface area (Å²) in [6.45, 7) is 2.76. The van der Waals surface area contributed by atoms with E-state index >= 15 is 0 Å². The first-order valence-corrected chi connectivity index (χ1v) is 14.3. The van der Waals surface area contributed by atoms with E-state index in [1.54, 1.807) is 0 Å². The highest BCUT2D eigenvalue weighted by Gasteiger charge is 2.49. The van der Waals surface area contributed by atoms with Gasteiger partial charge in [-0.3, -0.25) is 9.78 Å². The van der Waals surface area contributed by atoms with Gasteiger partial charge in [0.1, 0.15) is 5.69 Å². The van der Waals surface area contributed by atoms with Crippen LogP contribution in [-0.4, -0.2) is 38.6 Å². The lowest BCUT2D eigenvalue weighted by molar-refractivity contribution is -0.138. The van der Waals surface area contributed by atoms with Gasteiger partial charge in [-0.05, 0) is 62.8 Å². The van der Waals surface area contributed by atoms with Crippen LogP contribution in [0.1, 0.15) is 54.7 Å².